The zero-order chi connectivity index (χ0) is 16.8. The number of unbranched alkanes of at least 4 members (excludes halogenated alkanes) is 1. The van der Waals surface area contributed by atoms with Crippen molar-refractivity contribution in [2.45, 2.75) is 26.2 Å². The highest BCUT2D eigenvalue weighted by atomic mass is 19.1. The van der Waals surface area contributed by atoms with Gasteiger partial charge in [0.15, 0.2) is 0 Å². The van der Waals surface area contributed by atoms with Crippen molar-refractivity contribution in [3.05, 3.63) is 59.5 Å². The van der Waals surface area contributed by atoms with Crippen LogP contribution in [0.5, 0.6) is 0 Å². The minimum Gasteiger partial charge on any atom is -0.354 e. The van der Waals surface area contributed by atoms with Crippen LogP contribution >= 0.6 is 0 Å². The molecule has 128 valence electrons. The van der Waals surface area contributed by atoms with Crippen LogP contribution in [0.1, 0.15) is 24.1 Å². The van der Waals surface area contributed by atoms with Crippen molar-refractivity contribution < 1.29 is 4.39 Å². The van der Waals surface area contributed by atoms with E-state index in [1.54, 1.807) is 12.1 Å². The second kappa shape index (κ2) is 8.25. The Morgan fingerprint density at radius 1 is 0.958 bits per heavy atom. The molecule has 1 fully saturated rings. The van der Waals surface area contributed by atoms with Crippen molar-refractivity contribution in [2.24, 2.45) is 0 Å². The van der Waals surface area contributed by atoms with Crippen LogP contribution in [-0.2, 0) is 6.42 Å². The fraction of sp³-hybridized carbons (Fsp3) is 0.450. The first-order valence-corrected chi connectivity index (χ1v) is 8.86. The molecule has 0 spiro atoms. The lowest BCUT2D eigenvalue weighted by atomic mass is 10.1. The number of rotatable bonds is 6. The van der Waals surface area contributed by atoms with Crippen molar-refractivity contribution in [1.82, 2.24) is 9.88 Å². The first-order chi connectivity index (χ1) is 11.7. The van der Waals surface area contributed by atoms with Crippen molar-refractivity contribution in [3.8, 4) is 0 Å². The van der Waals surface area contributed by atoms with Gasteiger partial charge in [-0.1, -0.05) is 18.2 Å². The van der Waals surface area contributed by atoms with Crippen LogP contribution in [0.4, 0.5) is 10.2 Å². The Labute approximate surface area is 144 Å². The lowest BCUT2D eigenvalue weighted by molar-refractivity contribution is 0.252. The zero-order valence-corrected chi connectivity index (χ0v) is 14.4. The molecule has 0 N–H and O–H groups in total. The number of pyridine rings is 1. The number of hydrogen-bond donors (Lipinski definition) is 0. The third kappa shape index (κ3) is 4.78. The molecule has 0 bridgehead atoms. The highest BCUT2D eigenvalue weighted by Gasteiger charge is 2.17. The van der Waals surface area contributed by atoms with Gasteiger partial charge in [0.2, 0.25) is 0 Å². The SMILES string of the molecule is Cc1cccc(N2CCN(CCCCc3ccc(F)cc3)CC2)n1. The van der Waals surface area contributed by atoms with Gasteiger partial charge in [0.25, 0.3) is 0 Å². The van der Waals surface area contributed by atoms with Crippen molar-refractivity contribution in [3.63, 3.8) is 0 Å². The summed E-state index contributed by atoms with van der Waals surface area (Å²) >= 11 is 0. The third-order valence-electron chi connectivity index (χ3n) is 4.67. The van der Waals surface area contributed by atoms with Gasteiger partial charge in [0.1, 0.15) is 11.6 Å². The highest BCUT2D eigenvalue weighted by molar-refractivity contribution is 5.39. The number of aryl methyl sites for hydroxylation is 2. The van der Waals surface area contributed by atoms with E-state index in [-0.39, 0.29) is 5.82 Å². The zero-order valence-electron chi connectivity index (χ0n) is 14.4. The predicted octanol–water partition coefficient (Wildman–Crippen LogP) is 3.67. The summed E-state index contributed by atoms with van der Waals surface area (Å²) in [6.45, 7) is 7.50. The molecular weight excluding hydrogens is 301 g/mol. The molecule has 0 aliphatic carbocycles. The van der Waals surface area contributed by atoms with Crippen molar-refractivity contribution in [1.29, 1.82) is 0 Å². The lowest BCUT2D eigenvalue weighted by Crippen LogP contribution is -2.46. The largest absolute Gasteiger partial charge is 0.354 e. The van der Waals surface area contributed by atoms with E-state index >= 15 is 0 Å². The van der Waals surface area contributed by atoms with Crippen LogP contribution < -0.4 is 4.90 Å². The van der Waals surface area contributed by atoms with Crippen LogP contribution in [0.3, 0.4) is 0 Å². The summed E-state index contributed by atoms with van der Waals surface area (Å²) in [4.78, 5) is 9.53. The first-order valence-electron chi connectivity index (χ1n) is 8.86. The summed E-state index contributed by atoms with van der Waals surface area (Å²) < 4.78 is 12.9. The fourth-order valence-corrected chi connectivity index (χ4v) is 3.22. The number of aromatic nitrogens is 1. The molecular formula is C20H26FN3. The Hall–Kier alpha value is -1.94. The Morgan fingerprint density at radius 2 is 1.71 bits per heavy atom. The second-order valence-corrected chi connectivity index (χ2v) is 6.55. The van der Waals surface area contributed by atoms with E-state index in [9.17, 15) is 4.39 Å². The summed E-state index contributed by atoms with van der Waals surface area (Å²) in [5.74, 6) is 0.950. The van der Waals surface area contributed by atoms with Crippen LogP contribution in [0.2, 0.25) is 0 Å². The summed E-state index contributed by atoms with van der Waals surface area (Å²) in [5.41, 5.74) is 2.31. The predicted molar refractivity (Wildman–Crippen MR) is 97.0 cm³/mol. The third-order valence-corrected chi connectivity index (χ3v) is 4.67. The normalized spacial score (nSPS) is 15.7. The molecule has 1 aromatic heterocycles. The topological polar surface area (TPSA) is 19.4 Å². The van der Waals surface area contributed by atoms with Crippen LogP contribution in [0, 0.1) is 12.7 Å². The molecule has 2 heterocycles. The van der Waals surface area contributed by atoms with Gasteiger partial charge in [-0.2, -0.15) is 0 Å². The molecule has 0 radical (unpaired) electrons. The van der Waals surface area contributed by atoms with E-state index in [1.165, 1.54) is 12.0 Å². The molecule has 1 saturated heterocycles. The number of piperazine rings is 1. The maximum absolute atomic E-state index is 12.9. The van der Waals surface area contributed by atoms with Crippen LogP contribution in [-0.4, -0.2) is 42.6 Å². The van der Waals surface area contributed by atoms with Crippen LogP contribution in [0.25, 0.3) is 0 Å². The standard InChI is InChI=1S/C20H26FN3/c1-17-5-4-7-20(22-17)24-15-13-23(14-16-24)12-3-2-6-18-8-10-19(21)11-9-18/h4-5,7-11H,2-3,6,12-16H2,1H3. The average Bonchev–Trinajstić information content (AvgIpc) is 2.61. The van der Waals surface area contributed by atoms with Gasteiger partial charge in [-0.25, -0.2) is 9.37 Å². The van der Waals surface area contributed by atoms with Gasteiger partial charge in [0.05, 0.1) is 0 Å². The number of halogens is 1. The first kappa shape index (κ1) is 16.9. The minimum absolute atomic E-state index is 0.153. The molecule has 24 heavy (non-hydrogen) atoms. The monoisotopic (exact) mass is 327 g/mol. The fourth-order valence-electron chi connectivity index (χ4n) is 3.22. The molecule has 0 unspecified atom stereocenters. The summed E-state index contributed by atoms with van der Waals surface area (Å²) in [7, 11) is 0. The quantitative estimate of drug-likeness (QED) is 0.755. The molecule has 1 aromatic carbocycles. The summed E-state index contributed by atoms with van der Waals surface area (Å²) in [6.07, 6.45) is 3.39. The number of anilines is 1. The summed E-state index contributed by atoms with van der Waals surface area (Å²) in [5, 5.41) is 0. The molecule has 4 heteroatoms. The van der Waals surface area contributed by atoms with Gasteiger partial charge >= 0.3 is 0 Å². The number of nitrogens with zero attached hydrogens (tertiary/aromatic N) is 3. The molecule has 1 aliphatic heterocycles. The average molecular weight is 327 g/mol. The Morgan fingerprint density at radius 3 is 2.42 bits per heavy atom. The lowest BCUT2D eigenvalue weighted by Gasteiger charge is -2.35. The smallest absolute Gasteiger partial charge is 0.128 e. The molecule has 2 aromatic rings. The Kier molecular flexibility index (Phi) is 5.81. The van der Waals surface area contributed by atoms with Crippen molar-refractivity contribution >= 4 is 5.82 Å². The molecule has 0 amide bonds. The Bertz CT molecular complexity index is 634. The minimum atomic E-state index is -0.153. The van der Waals surface area contributed by atoms with Gasteiger partial charge in [-0.3, -0.25) is 4.90 Å². The second-order valence-electron chi connectivity index (χ2n) is 6.55. The summed E-state index contributed by atoms with van der Waals surface area (Å²) in [6, 6.07) is 13.1. The molecule has 0 saturated carbocycles. The molecule has 0 atom stereocenters. The molecule has 3 nitrogen and oxygen atoms in total. The van der Waals surface area contributed by atoms with E-state index in [0.29, 0.717) is 0 Å². The van der Waals surface area contributed by atoms with E-state index < -0.39 is 0 Å². The van der Waals surface area contributed by atoms with Gasteiger partial charge in [-0.05, 0) is 62.6 Å². The maximum atomic E-state index is 12.9. The number of hydrogen-bond acceptors (Lipinski definition) is 3. The van der Waals surface area contributed by atoms with Gasteiger partial charge in [0, 0.05) is 31.9 Å². The van der Waals surface area contributed by atoms with Crippen LogP contribution in [0.15, 0.2) is 42.5 Å². The van der Waals surface area contributed by atoms with Gasteiger partial charge < -0.3 is 4.90 Å². The van der Waals surface area contributed by atoms with E-state index in [4.69, 9.17) is 0 Å². The van der Waals surface area contributed by atoms with Gasteiger partial charge in [-0.15, -0.1) is 0 Å². The van der Waals surface area contributed by atoms with E-state index in [1.807, 2.05) is 25.1 Å². The molecule has 3 rings (SSSR count). The highest BCUT2D eigenvalue weighted by Crippen LogP contribution is 2.14. The maximum Gasteiger partial charge on any atom is 0.128 e. The van der Waals surface area contributed by atoms with E-state index in [0.717, 1.165) is 57.1 Å². The Balaban J connectivity index is 1.36. The molecule has 1 aliphatic rings. The number of benzene rings is 1. The van der Waals surface area contributed by atoms with E-state index in [2.05, 4.69) is 26.9 Å². The van der Waals surface area contributed by atoms with Crippen molar-refractivity contribution in [2.75, 3.05) is 37.6 Å².